The van der Waals surface area contributed by atoms with Gasteiger partial charge >= 0.3 is 5.97 Å². The maximum atomic E-state index is 11.1. The molecule has 0 atom stereocenters. The number of aliphatic carboxylic acids is 1. The molecule has 0 radical (unpaired) electrons. The SMILES string of the molecule is O=C(O)C1(Cc2ccnc(Cl)c2)CCC1. The first-order chi connectivity index (χ1) is 7.12. The van der Waals surface area contributed by atoms with E-state index >= 15 is 0 Å². The van der Waals surface area contributed by atoms with Crippen LogP contribution in [0.2, 0.25) is 5.15 Å². The number of aromatic nitrogens is 1. The minimum Gasteiger partial charge on any atom is -0.481 e. The molecule has 1 aliphatic rings. The second-order valence-corrected chi connectivity index (χ2v) is 4.49. The Morgan fingerprint density at radius 1 is 1.60 bits per heavy atom. The number of halogens is 1. The van der Waals surface area contributed by atoms with E-state index in [4.69, 9.17) is 16.7 Å². The predicted octanol–water partition coefficient (Wildman–Crippen LogP) is 2.53. The summed E-state index contributed by atoms with van der Waals surface area (Å²) in [6.45, 7) is 0. The van der Waals surface area contributed by atoms with Crippen molar-refractivity contribution >= 4 is 17.6 Å². The molecule has 1 N–H and O–H groups in total. The fourth-order valence-electron chi connectivity index (χ4n) is 2.01. The highest BCUT2D eigenvalue weighted by atomic mass is 35.5. The van der Waals surface area contributed by atoms with Gasteiger partial charge in [0.1, 0.15) is 5.15 Å². The quantitative estimate of drug-likeness (QED) is 0.805. The van der Waals surface area contributed by atoms with E-state index in [0.29, 0.717) is 11.6 Å². The lowest BCUT2D eigenvalue weighted by Crippen LogP contribution is -2.39. The van der Waals surface area contributed by atoms with Gasteiger partial charge in [-0.05, 0) is 37.0 Å². The molecule has 0 saturated heterocycles. The molecule has 2 rings (SSSR count). The number of hydrogen-bond donors (Lipinski definition) is 1. The van der Waals surface area contributed by atoms with Crippen LogP contribution in [0.3, 0.4) is 0 Å². The van der Waals surface area contributed by atoms with Crippen LogP contribution in [0.4, 0.5) is 0 Å². The Kier molecular flexibility index (Phi) is 2.65. The van der Waals surface area contributed by atoms with Crippen LogP contribution in [-0.4, -0.2) is 16.1 Å². The van der Waals surface area contributed by atoms with E-state index in [1.807, 2.05) is 6.07 Å². The third kappa shape index (κ3) is 1.97. The van der Waals surface area contributed by atoms with Crippen LogP contribution in [0.1, 0.15) is 24.8 Å². The summed E-state index contributed by atoms with van der Waals surface area (Å²) in [5.74, 6) is -0.693. The Bertz CT molecular complexity index is 388. The average Bonchev–Trinajstić information content (AvgIpc) is 2.11. The zero-order valence-corrected chi connectivity index (χ0v) is 9.00. The van der Waals surface area contributed by atoms with E-state index in [1.54, 1.807) is 12.3 Å². The number of nitrogens with zero attached hydrogens (tertiary/aromatic N) is 1. The van der Waals surface area contributed by atoms with Gasteiger partial charge in [-0.3, -0.25) is 4.79 Å². The highest BCUT2D eigenvalue weighted by Gasteiger charge is 2.44. The van der Waals surface area contributed by atoms with Gasteiger partial charge in [0.25, 0.3) is 0 Å². The molecule has 80 valence electrons. The summed E-state index contributed by atoms with van der Waals surface area (Å²) < 4.78 is 0. The molecule has 4 heteroatoms. The highest BCUT2D eigenvalue weighted by Crippen LogP contribution is 2.43. The van der Waals surface area contributed by atoms with Crippen molar-refractivity contribution < 1.29 is 9.90 Å². The summed E-state index contributed by atoms with van der Waals surface area (Å²) in [5.41, 5.74) is 0.405. The summed E-state index contributed by atoms with van der Waals surface area (Å²) in [4.78, 5) is 15.0. The minimum absolute atomic E-state index is 0.423. The number of carboxylic acids is 1. The lowest BCUT2D eigenvalue weighted by Gasteiger charge is -2.37. The van der Waals surface area contributed by atoms with Crippen molar-refractivity contribution in [2.75, 3.05) is 0 Å². The summed E-state index contributed by atoms with van der Waals surface area (Å²) in [5, 5.41) is 9.59. The predicted molar refractivity (Wildman–Crippen MR) is 56.9 cm³/mol. The van der Waals surface area contributed by atoms with Crippen LogP contribution >= 0.6 is 11.6 Å². The zero-order chi connectivity index (χ0) is 10.9. The van der Waals surface area contributed by atoms with Gasteiger partial charge < -0.3 is 5.11 Å². The van der Waals surface area contributed by atoms with Crippen molar-refractivity contribution in [2.24, 2.45) is 5.41 Å². The van der Waals surface area contributed by atoms with E-state index in [1.165, 1.54) is 0 Å². The molecular weight excluding hydrogens is 214 g/mol. The Balaban J connectivity index is 2.17. The van der Waals surface area contributed by atoms with Crippen molar-refractivity contribution in [1.82, 2.24) is 4.98 Å². The van der Waals surface area contributed by atoms with Gasteiger partial charge in [0.2, 0.25) is 0 Å². The maximum absolute atomic E-state index is 11.1. The highest BCUT2D eigenvalue weighted by molar-refractivity contribution is 6.29. The molecular formula is C11H12ClNO2. The van der Waals surface area contributed by atoms with Crippen molar-refractivity contribution in [3.63, 3.8) is 0 Å². The molecule has 1 fully saturated rings. The van der Waals surface area contributed by atoms with Gasteiger partial charge in [-0.2, -0.15) is 0 Å². The fourth-order valence-corrected chi connectivity index (χ4v) is 2.21. The van der Waals surface area contributed by atoms with Crippen LogP contribution in [-0.2, 0) is 11.2 Å². The molecule has 0 aliphatic heterocycles. The van der Waals surface area contributed by atoms with Crippen LogP contribution in [0, 0.1) is 5.41 Å². The Hall–Kier alpha value is -1.09. The smallest absolute Gasteiger partial charge is 0.309 e. The third-order valence-electron chi connectivity index (χ3n) is 3.10. The van der Waals surface area contributed by atoms with E-state index in [0.717, 1.165) is 24.8 Å². The molecule has 3 nitrogen and oxygen atoms in total. The van der Waals surface area contributed by atoms with Crippen molar-refractivity contribution in [3.05, 3.63) is 29.0 Å². The molecule has 1 aromatic heterocycles. The second kappa shape index (κ2) is 3.81. The molecule has 0 aromatic carbocycles. The summed E-state index contributed by atoms with van der Waals surface area (Å²) in [6.07, 6.45) is 4.71. The molecule has 0 unspecified atom stereocenters. The molecule has 1 aliphatic carbocycles. The van der Waals surface area contributed by atoms with E-state index < -0.39 is 11.4 Å². The first kappa shape index (κ1) is 10.4. The molecule has 1 heterocycles. The molecule has 0 bridgehead atoms. The van der Waals surface area contributed by atoms with Crippen molar-refractivity contribution in [2.45, 2.75) is 25.7 Å². The van der Waals surface area contributed by atoms with E-state index in [-0.39, 0.29) is 0 Å². The number of carbonyl (C=O) groups is 1. The third-order valence-corrected chi connectivity index (χ3v) is 3.30. The summed E-state index contributed by atoms with van der Waals surface area (Å²) in [7, 11) is 0. The lowest BCUT2D eigenvalue weighted by molar-refractivity contribution is -0.154. The summed E-state index contributed by atoms with van der Waals surface area (Å²) in [6, 6.07) is 3.57. The first-order valence-corrected chi connectivity index (χ1v) is 5.34. The molecule has 0 amide bonds. The van der Waals surface area contributed by atoms with Crippen LogP contribution in [0.5, 0.6) is 0 Å². The first-order valence-electron chi connectivity index (χ1n) is 4.96. The second-order valence-electron chi connectivity index (χ2n) is 4.10. The average molecular weight is 226 g/mol. The van der Waals surface area contributed by atoms with Gasteiger partial charge in [0.05, 0.1) is 5.41 Å². The molecule has 1 aromatic rings. The van der Waals surface area contributed by atoms with E-state index in [9.17, 15) is 4.79 Å². The molecule has 1 saturated carbocycles. The van der Waals surface area contributed by atoms with Gasteiger partial charge in [0.15, 0.2) is 0 Å². The van der Waals surface area contributed by atoms with Gasteiger partial charge in [-0.15, -0.1) is 0 Å². The monoisotopic (exact) mass is 225 g/mol. The number of rotatable bonds is 3. The van der Waals surface area contributed by atoms with Crippen LogP contribution in [0.15, 0.2) is 18.3 Å². The number of hydrogen-bond acceptors (Lipinski definition) is 2. The fraction of sp³-hybridized carbons (Fsp3) is 0.455. The van der Waals surface area contributed by atoms with Crippen molar-refractivity contribution in [3.8, 4) is 0 Å². The maximum Gasteiger partial charge on any atom is 0.309 e. The van der Waals surface area contributed by atoms with E-state index in [2.05, 4.69) is 4.98 Å². The molecule has 0 spiro atoms. The Labute approximate surface area is 93.1 Å². The van der Waals surface area contributed by atoms with Crippen LogP contribution < -0.4 is 0 Å². The van der Waals surface area contributed by atoms with Crippen LogP contribution in [0.25, 0.3) is 0 Å². The summed E-state index contributed by atoms with van der Waals surface area (Å²) >= 11 is 5.76. The zero-order valence-electron chi connectivity index (χ0n) is 8.24. The Morgan fingerprint density at radius 2 is 2.33 bits per heavy atom. The normalized spacial score (nSPS) is 18.2. The Morgan fingerprint density at radius 3 is 2.80 bits per heavy atom. The topological polar surface area (TPSA) is 50.2 Å². The van der Waals surface area contributed by atoms with Gasteiger partial charge in [0, 0.05) is 6.20 Å². The standard InChI is InChI=1S/C11H12ClNO2/c12-9-6-8(2-5-13-9)7-11(10(14)15)3-1-4-11/h2,5-6H,1,3-4,7H2,(H,14,15). The number of pyridine rings is 1. The molecule has 15 heavy (non-hydrogen) atoms. The lowest BCUT2D eigenvalue weighted by atomic mass is 9.65. The minimum atomic E-state index is -0.693. The van der Waals surface area contributed by atoms with Gasteiger partial charge in [-0.25, -0.2) is 4.98 Å². The largest absolute Gasteiger partial charge is 0.481 e. The van der Waals surface area contributed by atoms with Gasteiger partial charge in [-0.1, -0.05) is 18.0 Å². The number of carboxylic acid groups (broad SMARTS) is 1. The van der Waals surface area contributed by atoms with Crippen molar-refractivity contribution in [1.29, 1.82) is 0 Å².